The highest BCUT2D eigenvalue weighted by atomic mass is 16.5. The lowest BCUT2D eigenvalue weighted by Crippen LogP contribution is -2.34. The van der Waals surface area contributed by atoms with E-state index in [1.165, 1.54) is 0 Å². The van der Waals surface area contributed by atoms with Crippen LogP contribution in [0.3, 0.4) is 0 Å². The molecule has 1 aliphatic heterocycles. The maximum absolute atomic E-state index is 13.1. The molecular weight excluding hydrogens is 414 g/mol. The molecule has 0 saturated carbocycles. The van der Waals surface area contributed by atoms with Crippen LogP contribution in [0.2, 0.25) is 0 Å². The quantitative estimate of drug-likeness (QED) is 0.552. The monoisotopic (exact) mass is 445 g/mol. The van der Waals surface area contributed by atoms with Crippen LogP contribution in [-0.2, 0) is 17.8 Å². The van der Waals surface area contributed by atoms with Gasteiger partial charge in [0.05, 0.1) is 20.1 Å². The topological polar surface area (TPSA) is 54.9 Å². The van der Waals surface area contributed by atoms with Crippen molar-refractivity contribution in [3.8, 4) is 22.6 Å². The average Bonchev–Trinajstić information content (AvgIpc) is 2.98. The zero-order valence-electron chi connectivity index (χ0n) is 19.5. The molecule has 6 nitrogen and oxygen atoms in total. The van der Waals surface area contributed by atoms with Crippen molar-refractivity contribution in [3.63, 3.8) is 0 Å². The van der Waals surface area contributed by atoms with Crippen molar-refractivity contribution in [2.75, 3.05) is 40.9 Å². The third-order valence-electron chi connectivity index (χ3n) is 6.27. The molecule has 1 saturated heterocycles. The van der Waals surface area contributed by atoms with Crippen LogP contribution in [0.1, 0.15) is 11.1 Å². The number of hydrogen-bond acceptors (Lipinski definition) is 5. The van der Waals surface area contributed by atoms with Gasteiger partial charge in [-0.05, 0) is 35.2 Å². The number of hydrogen-bond donors (Lipinski definition) is 0. The second-order valence-corrected chi connectivity index (χ2v) is 8.49. The highest BCUT2D eigenvalue weighted by Gasteiger charge is 2.29. The summed E-state index contributed by atoms with van der Waals surface area (Å²) < 4.78 is 11.1. The lowest BCUT2D eigenvalue weighted by Gasteiger charge is -2.24. The normalized spacial score (nSPS) is 17.0. The minimum absolute atomic E-state index is 0.0988. The van der Waals surface area contributed by atoms with Crippen molar-refractivity contribution in [1.29, 1.82) is 0 Å². The van der Waals surface area contributed by atoms with Crippen molar-refractivity contribution in [1.82, 2.24) is 14.8 Å². The summed E-state index contributed by atoms with van der Waals surface area (Å²) in [6, 6.07) is 18.4. The van der Waals surface area contributed by atoms with E-state index in [1.807, 2.05) is 36.3 Å². The van der Waals surface area contributed by atoms with E-state index in [4.69, 9.17) is 9.47 Å². The maximum atomic E-state index is 13.1. The number of benzene rings is 2. The summed E-state index contributed by atoms with van der Waals surface area (Å²) in [5.74, 6) is 1.58. The van der Waals surface area contributed by atoms with E-state index in [9.17, 15) is 4.79 Å². The van der Waals surface area contributed by atoms with Gasteiger partial charge in [0, 0.05) is 51.2 Å². The van der Waals surface area contributed by atoms with Gasteiger partial charge >= 0.3 is 0 Å². The van der Waals surface area contributed by atoms with Crippen molar-refractivity contribution >= 4 is 5.91 Å². The Morgan fingerprint density at radius 2 is 1.79 bits per heavy atom. The van der Waals surface area contributed by atoms with Gasteiger partial charge in [0.25, 0.3) is 0 Å². The predicted molar refractivity (Wildman–Crippen MR) is 129 cm³/mol. The number of carbonyl (C=O) groups is 1. The van der Waals surface area contributed by atoms with Gasteiger partial charge in [0.2, 0.25) is 5.91 Å². The summed E-state index contributed by atoms with van der Waals surface area (Å²) in [5.41, 5.74) is 4.44. The van der Waals surface area contributed by atoms with Gasteiger partial charge in [0.15, 0.2) is 11.5 Å². The molecule has 172 valence electrons. The molecule has 0 aliphatic carbocycles. The third kappa shape index (κ3) is 5.34. The Labute approximate surface area is 195 Å². The summed E-state index contributed by atoms with van der Waals surface area (Å²) in [7, 11) is 5.21. The number of aromatic nitrogens is 1. The number of methoxy groups -OCH3 is 2. The number of amides is 1. The van der Waals surface area contributed by atoms with Gasteiger partial charge in [-0.1, -0.05) is 42.5 Å². The molecule has 0 spiro atoms. The molecule has 0 bridgehead atoms. The average molecular weight is 446 g/mol. The zero-order valence-corrected chi connectivity index (χ0v) is 19.5. The Morgan fingerprint density at radius 1 is 0.970 bits per heavy atom. The molecule has 1 aromatic heterocycles. The van der Waals surface area contributed by atoms with E-state index in [2.05, 4.69) is 46.3 Å². The minimum Gasteiger partial charge on any atom is -0.493 e. The number of ether oxygens (including phenoxy) is 2. The second kappa shape index (κ2) is 10.5. The molecular formula is C27H31N3O3. The number of para-hydroxylation sites is 1. The van der Waals surface area contributed by atoms with E-state index in [0.717, 1.165) is 40.3 Å². The Kier molecular flexibility index (Phi) is 7.25. The first-order valence-electron chi connectivity index (χ1n) is 11.3. The van der Waals surface area contributed by atoms with Crippen LogP contribution < -0.4 is 9.47 Å². The van der Waals surface area contributed by atoms with E-state index in [0.29, 0.717) is 26.1 Å². The van der Waals surface area contributed by atoms with Crippen LogP contribution in [0.25, 0.3) is 11.1 Å². The van der Waals surface area contributed by atoms with Crippen LogP contribution in [0, 0.1) is 5.92 Å². The summed E-state index contributed by atoms with van der Waals surface area (Å²) in [6.07, 6.45) is 4.35. The SMILES string of the molecule is COc1cccc(CN2CCN(C)C(=O)[C@H](Cc3ccc(-c4cccnc4)cc3)C2)c1OC. The standard InChI is InChI=1S/C27H31N3O3/c1-29-14-15-30(18-23-6-4-8-25(32-2)26(23)33-3)19-24(27(29)31)16-20-9-11-21(12-10-20)22-7-5-13-28-17-22/h4-13,17,24H,14-16,18-19H2,1-3H3/t24-/m1/s1. The van der Waals surface area contributed by atoms with E-state index >= 15 is 0 Å². The molecule has 2 aromatic carbocycles. The first-order valence-corrected chi connectivity index (χ1v) is 11.3. The van der Waals surface area contributed by atoms with Gasteiger partial charge in [-0.25, -0.2) is 0 Å². The highest BCUT2D eigenvalue weighted by Crippen LogP contribution is 2.32. The van der Waals surface area contributed by atoms with Crippen LogP contribution in [0.15, 0.2) is 67.0 Å². The van der Waals surface area contributed by atoms with Crippen molar-refractivity contribution < 1.29 is 14.3 Å². The van der Waals surface area contributed by atoms with Crippen molar-refractivity contribution in [2.45, 2.75) is 13.0 Å². The largest absolute Gasteiger partial charge is 0.493 e. The Morgan fingerprint density at radius 3 is 2.48 bits per heavy atom. The Balaban J connectivity index is 1.50. The number of rotatable bonds is 7. The molecule has 1 aliphatic rings. The fraction of sp³-hybridized carbons (Fsp3) is 0.333. The van der Waals surface area contributed by atoms with Crippen LogP contribution in [0.5, 0.6) is 11.5 Å². The summed E-state index contributed by atoms with van der Waals surface area (Å²) in [6.45, 7) is 2.94. The first kappa shape index (κ1) is 22.8. The van der Waals surface area contributed by atoms with E-state index in [1.54, 1.807) is 20.4 Å². The van der Waals surface area contributed by atoms with Crippen molar-refractivity contribution in [3.05, 3.63) is 78.1 Å². The van der Waals surface area contributed by atoms with Crippen LogP contribution >= 0.6 is 0 Å². The molecule has 0 unspecified atom stereocenters. The van der Waals surface area contributed by atoms with Crippen LogP contribution in [-0.4, -0.2) is 61.6 Å². The number of likely N-dealkylation sites (N-methyl/N-ethyl adjacent to an activating group) is 1. The Hall–Kier alpha value is -3.38. The highest BCUT2D eigenvalue weighted by molar-refractivity contribution is 5.79. The molecule has 1 atom stereocenters. The van der Waals surface area contributed by atoms with Gasteiger partial charge in [-0.3, -0.25) is 14.7 Å². The van der Waals surface area contributed by atoms with Gasteiger partial charge in [-0.2, -0.15) is 0 Å². The summed E-state index contributed by atoms with van der Waals surface area (Å²) in [5, 5.41) is 0. The summed E-state index contributed by atoms with van der Waals surface area (Å²) >= 11 is 0. The molecule has 4 rings (SSSR count). The first-order chi connectivity index (χ1) is 16.1. The van der Waals surface area contributed by atoms with Gasteiger partial charge in [-0.15, -0.1) is 0 Å². The molecule has 6 heteroatoms. The van der Waals surface area contributed by atoms with Gasteiger partial charge < -0.3 is 14.4 Å². The van der Waals surface area contributed by atoms with E-state index in [-0.39, 0.29) is 11.8 Å². The number of nitrogens with zero attached hydrogens (tertiary/aromatic N) is 3. The van der Waals surface area contributed by atoms with Crippen LogP contribution in [0.4, 0.5) is 0 Å². The lowest BCUT2D eigenvalue weighted by molar-refractivity contribution is -0.133. The second-order valence-electron chi connectivity index (χ2n) is 8.49. The minimum atomic E-state index is -0.0988. The van der Waals surface area contributed by atoms with Crippen molar-refractivity contribution in [2.24, 2.45) is 5.92 Å². The molecule has 33 heavy (non-hydrogen) atoms. The summed E-state index contributed by atoms with van der Waals surface area (Å²) in [4.78, 5) is 21.5. The molecule has 1 fully saturated rings. The number of pyridine rings is 1. The van der Waals surface area contributed by atoms with Gasteiger partial charge in [0.1, 0.15) is 0 Å². The third-order valence-corrected chi connectivity index (χ3v) is 6.27. The molecule has 0 radical (unpaired) electrons. The smallest absolute Gasteiger partial charge is 0.227 e. The maximum Gasteiger partial charge on any atom is 0.227 e. The predicted octanol–water partition coefficient (Wildman–Crippen LogP) is 3.90. The molecule has 1 amide bonds. The lowest BCUT2D eigenvalue weighted by atomic mass is 9.96. The number of carbonyl (C=O) groups excluding carboxylic acids is 1. The zero-order chi connectivity index (χ0) is 23.2. The molecule has 0 N–H and O–H groups in total. The van der Waals surface area contributed by atoms with E-state index < -0.39 is 0 Å². The fourth-order valence-electron chi connectivity index (χ4n) is 4.46. The molecule has 3 aromatic rings. The fourth-order valence-corrected chi connectivity index (χ4v) is 4.46. The Bertz CT molecular complexity index is 1070. The molecule has 2 heterocycles.